The van der Waals surface area contributed by atoms with Crippen LogP contribution in [-0.4, -0.2) is 80.7 Å². The van der Waals surface area contributed by atoms with Crippen molar-refractivity contribution in [2.75, 3.05) is 16.6 Å². The van der Waals surface area contributed by atoms with Crippen molar-refractivity contribution < 1.29 is 24.7 Å². The van der Waals surface area contributed by atoms with Crippen LogP contribution in [0.5, 0.6) is 0 Å². The van der Waals surface area contributed by atoms with Gasteiger partial charge in [-0.2, -0.15) is 5.10 Å². The van der Waals surface area contributed by atoms with Crippen LogP contribution < -0.4 is 11.1 Å². The molecule has 1 unspecified atom stereocenters. The predicted molar refractivity (Wildman–Crippen MR) is 124 cm³/mol. The van der Waals surface area contributed by atoms with Crippen LogP contribution in [0.15, 0.2) is 32.6 Å². The first-order chi connectivity index (χ1) is 15.8. The Labute approximate surface area is 202 Å². The minimum atomic E-state index is -1.22. The van der Waals surface area contributed by atoms with Crippen molar-refractivity contribution in [2.45, 2.75) is 16.6 Å². The fraction of sp³-hybridized carbons (Fsp3) is 0.312. The van der Waals surface area contributed by atoms with Gasteiger partial charge in [-0.15, -0.1) is 34.9 Å². The number of nitrogens with zero attached hydrogens (tertiary/aromatic N) is 6. The van der Waals surface area contributed by atoms with Crippen LogP contribution in [0.25, 0.3) is 0 Å². The Morgan fingerprint density at radius 1 is 1.42 bits per heavy atom. The second-order valence-corrected chi connectivity index (χ2v) is 10.9. The topological polar surface area (TPSA) is 189 Å². The molecule has 1 fully saturated rings. The summed E-state index contributed by atoms with van der Waals surface area (Å²) in [4.78, 5) is 47.0. The maximum atomic E-state index is 12.8. The molecule has 0 aromatic carbocycles. The highest BCUT2D eigenvalue weighted by Gasteiger charge is 2.54. The Kier molecular flexibility index (Phi) is 6.82. The number of nitrogens with two attached hydrogens (primary N) is 1. The number of carboxylic acids is 1. The van der Waals surface area contributed by atoms with E-state index < -0.39 is 29.2 Å². The number of nitrogens with one attached hydrogen (secondary N) is 1. The van der Waals surface area contributed by atoms with Crippen LogP contribution in [0, 0.1) is 0 Å². The summed E-state index contributed by atoms with van der Waals surface area (Å²) in [6.07, 6.45) is 1.43. The van der Waals surface area contributed by atoms with E-state index in [0.717, 1.165) is 11.3 Å². The lowest BCUT2D eigenvalue weighted by Gasteiger charge is -2.49. The number of aryl methyl sites for hydroxylation is 1. The van der Waals surface area contributed by atoms with Gasteiger partial charge in [0.15, 0.2) is 16.0 Å². The van der Waals surface area contributed by atoms with Gasteiger partial charge in [0.05, 0.1) is 5.08 Å². The Bertz CT molecular complexity index is 1180. The monoisotopic (exact) mass is 528 g/mol. The second kappa shape index (κ2) is 9.62. The molecule has 2 aliphatic heterocycles. The van der Waals surface area contributed by atoms with Gasteiger partial charge in [-0.3, -0.25) is 14.5 Å². The van der Waals surface area contributed by atoms with Crippen LogP contribution in [0.1, 0.15) is 5.69 Å². The fourth-order valence-electron chi connectivity index (χ4n) is 3.09. The largest absolute Gasteiger partial charge is 0.477 e. The van der Waals surface area contributed by atoms with E-state index in [-0.39, 0.29) is 22.2 Å². The van der Waals surface area contributed by atoms with Gasteiger partial charge in [0.25, 0.3) is 11.8 Å². The van der Waals surface area contributed by atoms with Gasteiger partial charge in [-0.05, 0) is 0 Å². The molecule has 33 heavy (non-hydrogen) atoms. The highest BCUT2D eigenvalue weighted by Crippen LogP contribution is 2.44. The van der Waals surface area contributed by atoms with Gasteiger partial charge in [0, 0.05) is 23.1 Å². The summed E-state index contributed by atoms with van der Waals surface area (Å²) in [6, 6.07) is -0.968. The Morgan fingerprint density at radius 2 is 2.21 bits per heavy atom. The van der Waals surface area contributed by atoms with Gasteiger partial charge in [-0.25, -0.2) is 19.4 Å². The molecule has 13 nitrogen and oxygen atoms in total. The molecule has 2 amide bonds. The molecule has 1 saturated heterocycles. The molecule has 2 aromatic heterocycles. The van der Waals surface area contributed by atoms with Crippen molar-refractivity contribution >= 4 is 75.2 Å². The quantitative estimate of drug-likeness (QED) is 0.0911. The minimum Gasteiger partial charge on any atom is -0.477 e. The van der Waals surface area contributed by atoms with Crippen LogP contribution in [0.4, 0.5) is 5.13 Å². The molecule has 4 rings (SSSR count). The average Bonchev–Trinajstić information content (AvgIpc) is 3.39. The Hall–Kier alpha value is -2.76. The highest BCUT2D eigenvalue weighted by molar-refractivity contribution is 8.18. The van der Waals surface area contributed by atoms with Crippen LogP contribution in [0.2, 0.25) is 0 Å². The number of β-lactam (4-membered cyclic amide) rings is 1. The molecular formula is C16H16N8O5S4. The molecule has 0 spiro atoms. The van der Waals surface area contributed by atoms with E-state index in [1.54, 1.807) is 11.7 Å². The SMILES string of the molecule is Cn1ncnc1SCSC1=C(C(=O)O)N2C(=O)[C@@H](NC(=O)/C(=N\O)c3csc(N)n3)C2SC1. The molecule has 2 aromatic rings. The number of thioether (sulfide) groups is 3. The molecule has 17 heteroatoms. The zero-order chi connectivity index (χ0) is 23.7. The van der Waals surface area contributed by atoms with Gasteiger partial charge >= 0.3 is 5.97 Å². The number of carbonyl (C=O) groups is 3. The number of rotatable bonds is 8. The van der Waals surface area contributed by atoms with E-state index >= 15 is 0 Å². The lowest BCUT2D eigenvalue weighted by atomic mass is 10.0. The van der Waals surface area contributed by atoms with E-state index in [2.05, 4.69) is 25.5 Å². The first-order valence-electron chi connectivity index (χ1n) is 9.06. The van der Waals surface area contributed by atoms with Crippen molar-refractivity contribution in [1.82, 2.24) is 30.0 Å². The number of nitrogen functional groups attached to an aromatic ring is 1. The third-order valence-corrected chi connectivity index (χ3v) is 8.99. The predicted octanol–water partition coefficient (Wildman–Crippen LogP) is 0.211. The molecule has 174 valence electrons. The lowest BCUT2D eigenvalue weighted by Crippen LogP contribution is -2.71. The van der Waals surface area contributed by atoms with Crippen LogP contribution in [-0.2, 0) is 21.4 Å². The molecule has 2 atom stereocenters. The van der Waals surface area contributed by atoms with Gasteiger partial charge in [0.2, 0.25) is 0 Å². The van der Waals surface area contributed by atoms with Gasteiger partial charge in [-0.1, -0.05) is 16.9 Å². The van der Waals surface area contributed by atoms with E-state index in [1.165, 1.54) is 51.9 Å². The van der Waals surface area contributed by atoms with Crippen LogP contribution in [0.3, 0.4) is 0 Å². The first kappa shape index (κ1) is 23.4. The summed E-state index contributed by atoms with van der Waals surface area (Å²) in [5.74, 6) is -2.24. The number of hydrogen-bond donors (Lipinski definition) is 4. The normalized spacial score (nSPS) is 20.5. The van der Waals surface area contributed by atoms with Crippen molar-refractivity contribution in [3.63, 3.8) is 0 Å². The molecule has 0 radical (unpaired) electrons. The number of hydrogen-bond acceptors (Lipinski definition) is 13. The third kappa shape index (κ3) is 4.53. The first-order valence-corrected chi connectivity index (χ1v) is 13.0. The molecule has 0 aliphatic carbocycles. The summed E-state index contributed by atoms with van der Waals surface area (Å²) in [6.45, 7) is 0. The van der Waals surface area contributed by atoms with Gasteiger partial charge in [0.1, 0.15) is 29.1 Å². The molecule has 0 bridgehead atoms. The minimum absolute atomic E-state index is 0.0719. The standard InChI is InChI=1S/C16H16N8O5S4/c1-23-16(18-4-19-23)33-5-32-7-3-30-13-9(12(26)24(13)10(7)14(27)28)21-11(25)8(22-29)6-2-31-15(17)20-6/h2,4,9,13,29H,3,5H2,1H3,(H2,17,20)(H,21,25)(H,27,28)/b22-8-/t9-,13?/m1/s1. The summed E-state index contributed by atoms with van der Waals surface area (Å²) in [5.41, 5.74) is 5.14. The number of carboxylic acid groups (broad SMARTS) is 1. The number of fused-ring (bicyclic) bond motifs is 1. The summed E-state index contributed by atoms with van der Waals surface area (Å²) >= 11 is 5.11. The zero-order valence-electron chi connectivity index (χ0n) is 16.7. The van der Waals surface area contributed by atoms with E-state index in [0.29, 0.717) is 20.9 Å². The third-order valence-electron chi connectivity index (χ3n) is 4.59. The molecular weight excluding hydrogens is 512 g/mol. The number of aliphatic carboxylic acids is 1. The maximum Gasteiger partial charge on any atom is 0.353 e. The number of anilines is 1. The average molecular weight is 529 g/mol. The van der Waals surface area contributed by atoms with Crippen molar-refractivity contribution in [3.05, 3.63) is 28.0 Å². The highest BCUT2D eigenvalue weighted by atomic mass is 32.2. The number of thiazole rings is 1. The molecule has 4 heterocycles. The summed E-state index contributed by atoms with van der Waals surface area (Å²) in [5, 5.41) is 30.7. The number of amides is 2. The molecule has 5 N–H and O–H groups in total. The van der Waals surface area contributed by atoms with E-state index in [1.807, 2.05) is 0 Å². The summed E-state index contributed by atoms with van der Waals surface area (Å²) in [7, 11) is 1.76. The van der Waals surface area contributed by atoms with Crippen molar-refractivity contribution in [3.8, 4) is 0 Å². The number of aromatic nitrogens is 4. The Morgan fingerprint density at radius 3 is 2.82 bits per heavy atom. The molecule has 2 aliphatic rings. The van der Waals surface area contributed by atoms with Crippen molar-refractivity contribution in [1.29, 1.82) is 0 Å². The van der Waals surface area contributed by atoms with E-state index in [9.17, 15) is 24.7 Å². The Balaban J connectivity index is 1.44. The number of oxime groups is 1. The smallest absolute Gasteiger partial charge is 0.353 e. The van der Waals surface area contributed by atoms with Gasteiger partial charge < -0.3 is 21.4 Å². The summed E-state index contributed by atoms with van der Waals surface area (Å²) < 4.78 is 1.61. The second-order valence-electron chi connectivity index (χ2n) is 6.53. The zero-order valence-corrected chi connectivity index (χ0v) is 20.0. The number of carbonyl (C=O) groups excluding carboxylic acids is 2. The lowest BCUT2D eigenvalue weighted by molar-refractivity contribution is -0.150. The van der Waals surface area contributed by atoms with Crippen LogP contribution >= 0.6 is 46.6 Å². The van der Waals surface area contributed by atoms with Crippen molar-refractivity contribution in [2.24, 2.45) is 12.2 Å². The molecule has 0 saturated carbocycles. The maximum absolute atomic E-state index is 12.8. The fourth-order valence-corrected chi connectivity index (χ4v) is 7.27. The van der Waals surface area contributed by atoms with E-state index in [4.69, 9.17) is 5.73 Å².